The van der Waals surface area contributed by atoms with Crippen LogP contribution in [0.3, 0.4) is 0 Å². The fourth-order valence-electron chi connectivity index (χ4n) is 3.43. The summed E-state index contributed by atoms with van der Waals surface area (Å²) in [7, 11) is 0. The van der Waals surface area contributed by atoms with Crippen LogP contribution in [0.25, 0.3) is 0 Å². The van der Waals surface area contributed by atoms with Crippen molar-refractivity contribution in [2.24, 2.45) is 5.73 Å². The average Bonchev–Trinajstić information content (AvgIpc) is 2.87. The molecule has 2 rings (SSSR count). The number of carboxylic acid groups (broad SMARTS) is 2. The number of aromatic hydroxyl groups is 1. The third-order valence-corrected chi connectivity index (χ3v) is 5.45. The average molecular weight is 531 g/mol. The van der Waals surface area contributed by atoms with Crippen LogP contribution < -0.4 is 21.7 Å². The lowest BCUT2D eigenvalue weighted by Crippen LogP contribution is -2.58. The predicted molar refractivity (Wildman–Crippen MR) is 133 cm³/mol. The van der Waals surface area contributed by atoms with Crippen LogP contribution in [-0.2, 0) is 36.8 Å². The van der Waals surface area contributed by atoms with Gasteiger partial charge in [0.25, 0.3) is 0 Å². The van der Waals surface area contributed by atoms with Gasteiger partial charge >= 0.3 is 11.9 Å². The lowest BCUT2D eigenvalue weighted by molar-refractivity contribution is -0.142. The van der Waals surface area contributed by atoms with E-state index in [1.165, 1.54) is 24.3 Å². The lowest BCUT2D eigenvalue weighted by atomic mass is 10.0. The summed E-state index contributed by atoms with van der Waals surface area (Å²) >= 11 is 0. The number of rotatable bonds is 14. The van der Waals surface area contributed by atoms with Gasteiger partial charge in [0.2, 0.25) is 17.7 Å². The van der Waals surface area contributed by atoms with Crippen LogP contribution in [-0.4, -0.2) is 80.9 Å². The molecule has 0 aromatic heterocycles. The normalized spacial score (nSPS) is 13.8. The van der Waals surface area contributed by atoms with Crippen molar-refractivity contribution in [1.29, 1.82) is 0 Å². The predicted octanol–water partition coefficient (Wildman–Crippen LogP) is -1.49. The third kappa shape index (κ3) is 9.52. The highest BCUT2D eigenvalue weighted by atomic mass is 16.4. The van der Waals surface area contributed by atoms with Crippen LogP contribution in [0, 0.1) is 0 Å². The number of carbonyl (C=O) groups excluding carboxylic acids is 3. The zero-order valence-electron chi connectivity index (χ0n) is 20.2. The number of phenolic OH excluding ortho intramolecular Hbond substituents is 1. The minimum Gasteiger partial charge on any atom is -0.508 e. The zero-order chi connectivity index (χ0) is 28.2. The lowest BCUT2D eigenvalue weighted by Gasteiger charge is -2.24. The molecule has 0 bridgehead atoms. The van der Waals surface area contributed by atoms with E-state index < -0.39 is 66.9 Å². The second-order valence-electron chi connectivity index (χ2n) is 8.47. The Kier molecular flexibility index (Phi) is 11.2. The number of hydrogen-bond acceptors (Lipinski definition) is 8. The van der Waals surface area contributed by atoms with Crippen molar-refractivity contribution < 1.29 is 44.4 Å². The fraction of sp³-hybridized carbons (Fsp3) is 0.320. The monoisotopic (exact) mass is 530 g/mol. The first-order chi connectivity index (χ1) is 18.0. The summed E-state index contributed by atoms with van der Waals surface area (Å²) in [5.41, 5.74) is 6.65. The maximum absolute atomic E-state index is 13.1. The molecule has 13 heteroatoms. The van der Waals surface area contributed by atoms with E-state index >= 15 is 0 Å². The van der Waals surface area contributed by atoms with Crippen LogP contribution in [0.5, 0.6) is 5.75 Å². The summed E-state index contributed by atoms with van der Waals surface area (Å²) in [4.78, 5) is 60.7. The van der Waals surface area contributed by atoms with Crippen molar-refractivity contribution in [3.8, 4) is 5.75 Å². The first-order valence-corrected chi connectivity index (χ1v) is 11.5. The van der Waals surface area contributed by atoms with E-state index in [1.54, 1.807) is 30.3 Å². The molecule has 204 valence electrons. The summed E-state index contributed by atoms with van der Waals surface area (Å²) in [6.45, 7) is -0.879. The molecule has 2 aromatic rings. The van der Waals surface area contributed by atoms with E-state index in [2.05, 4.69) is 16.0 Å². The summed E-state index contributed by atoms with van der Waals surface area (Å²) in [5.74, 6) is -5.47. The number of benzene rings is 2. The number of phenols is 1. The van der Waals surface area contributed by atoms with Gasteiger partial charge in [0, 0.05) is 12.8 Å². The van der Waals surface area contributed by atoms with Crippen molar-refractivity contribution in [3.63, 3.8) is 0 Å². The van der Waals surface area contributed by atoms with Crippen molar-refractivity contribution in [1.82, 2.24) is 16.0 Å². The summed E-state index contributed by atoms with van der Waals surface area (Å²) in [5, 5.41) is 44.4. The molecule has 3 amide bonds. The van der Waals surface area contributed by atoms with Gasteiger partial charge in [0.1, 0.15) is 23.9 Å². The van der Waals surface area contributed by atoms with E-state index in [0.717, 1.165) is 0 Å². The minimum atomic E-state index is -1.55. The molecule has 13 nitrogen and oxygen atoms in total. The molecule has 0 saturated heterocycles. The Morgan fingerprint density at radius 3 is 1.76 bits per heavy atom. The quantitative estimate of drug-likeness (QED) is 0.141. The third-order valence-electron chi connectivity index (χ3n) is 5.45. The van der Waals surface area contributed by atoms with Crippen molar-refractivity contribution in [3.05, 3.63) is 65.7 Å². The molecule has 0 aliphatic rings. The molecule has 38 heavy (non-hydrogen) atoms. The summed E-state index contributed by atoms with van der Waals surface area (Å²) < 4.78 is 0. The molecule has 4 atom stereocenters. The maximum atomic E-state index is 13.1. The van der Waals surface area contributed by atoms with Gasteiger partial charge in [-0.25, -0.2) is 4.79 Å². The number of hydrogen-bond donors (Lipinski definition) is 8. The van der Waals surface area contributed by atoms with Crippen molar-refractivity contribution >= 4 is 29.7 Å². The number of aliphatic hydroxyl groups is 1. The van der Waals surface area contributed by atoms with Gasteiger partial charge in [-0.3, -0.25) is 19.2 Å². The van der Waals surface area contributed by atoms with Gasteiger partial charge in [-0.2, -0.15) is 0 Å². The first kappa shape index (κ1) is 29.7. The van der Waals surface area contributed by atoms with Gasteiger partial charge in [0.15, 0.2) is 0 Å². The van der Waals surface area contributed by atoms with Gasteiger partial charge in [0.05, 0.1) is 19.1 Å². The largest absolute Gasteiger partial charge is 0.508 e. The van der Waals surface area contributed by atoms with Crippen LogP contribution >= 0.6 is 0 Å². The fourth-order valence-corrected chi connectivity index (χ4v) is 3.43. The van der Waals surface area contributed by atoms with E-state index in [4.69, 9.17) is 10.8 Å². The standard InChI is InChI=1S/C25H30N4O9/c26-17(12-21(32)33)22(34)29-20(13-30)24(36)27-18(10-14-4-2-1-3-5-14)23(35)28-19(25(37)38)11-15-6-8-16(31)9-7-15/h1-9,17-20,30-31H,10-13,26H2,(H,27,36)(H,28,35)(H,29,34)(H,32,33)(H,37,38). The molecule has 0 radical (unpaired) electrons. The number of carbonyl (C=O) groups is 5. The van der Waals surface area contributed by atoms with Crippen molar-refractivity contribution in [2.45, 2.75) is 43.4 Å². The smallest absolute Gasteiger partial charge is 0.326 e. The first-order valence-electron chi connectivity index (χ1n) is 11.5. The molecule has 0 aliphatic heterocycles. The Balaban J connectivity index is 2.18. The molecule has 9 N–H and O–H groups in total. The number of nitrogens with two attached hydrogens (primary N) is 1. The molecule has 4 unspecified atom stereocenters. The number of nitrogens with one attached hydrogen (secondary N) is 3. The summed E-state index contributed by atoms with van der Waals surface area (Å²) in [6.07, 6.45) is -0.860. The maximum Gasteiger partial charge on any atom is 0.326 e. The highest BCUT2D eigenvalue weighted by Crippen LogP contribution is 2.12. The highest BCUT2D eigenvalue weighted by Gasteiger charge is 2.30. The number of aliphatic carboxylic acids is 2. The minimum absolute atomic E-state index is 0.00950. The topological polar surface area (TPSA) is 228 Å². The van der Waals surface area contributed by atoms with Crippen LogP contribution in [0.2, 0.25) is 0 Å². The van der Waals surface area contributed by atoms with E-state index in [9.17, 15) is 39.3 Å². The molecule has 0 heterocycles. The molecule has 0 aliphatic carbocycles. The SMILES string of the molecule is NC(CC(=O)O)C(=O)NC(CO)C(=O)NC(Cc1ccccc1)C(=O)NC(Cc1ccc(O)cc1)C(=O)O. The Labute approximate surface area is 217 Å². The Morgan fingerprint density at radius 1 is 0.711 bits per heavy atom. The van der Waals surface area contributed by atoms with Gasteiger partial charge in [-0.1, -0.05) is 42.5 Å². The highest BCUT2D eigenvalue weighted by molar-refractivity contribution is 5.95. The Hall–Kier alpha value is -4.49. The second-order valence-corrected chi connectivity index (χ2v) is 8.47. The van der Waals surface area contributed by atoms with Gasteiger partial charge in [-0.15, -0.1) is 0 Å². The van der Waals surface area contributed by atoms with Crippen LogP contribution in [0.4, 0.5) is 0 Å². The van der Waals surface area contributed by atoms with E-state index in [1.807, 2.05) is 0 Å². The number of carboxylic acids is 2. The Morgan fingerprint density at radius 2 is 1.21 bits per heavy atom. The number of amides is 3. The van der Waals surface area contributed by atoms with E-state index in [-0.39, 0.29) is 18.6 Å². The molecular formula is C25H30N4O9. The molecular weight excluding hydrogens is 500 g/mol. The van der Waals surface area contributed by atoms with Crippen molar-refractivity contribution in [2.75, 3.05) is 6.61 Å². The van der Waals surface area contributed by atoms with Crippen LogP contribution in [0.1, 0.15) is 17.5 Å². The summed E-state index contributed by atoms with van der Waals surface area (Å²) in [6, 6.07) is 8.59. The van der Waals surface area contributed by atoms with Crippen LogP contribution in [0.15, 0.2) is 54.6 Å². The number of aliphatic hydroxyl groups excluding tert-OH is 1. The molecule has 0 spiro atoms. The Bertz CT molecular complexity index is 1130. The van der Waals surface area contributed by atoms with Gasteiger partial charge in [-0.05, 0) is 23.3 Å². The molecule has 0 saturated carbocycles. The molecule has 2 aromatic carbocycles. The van der Waals surface area contributed by atoms with Gasteiger partial charge < -0.3 is 42.1 Å². The molecule has 0 fully saturated rings. The van der Waals surface area contributed by atoms with E-state index in [0.29, 0.717) is 11.1 Å². The zero-order valence-corrected chi connectivity index (χ0v) is 20.2. The second kappa shape index (κ2) is 14.3.